The van der Waals surface area contributed by atoms with E-state index in [0.29, 0.717) is 12.6 Å². The van der Waals surface area contributed by atoms with Crippen molar-refractivity contribution < 1.29 is 9.53 Å². The van der Waals surface area contributed by atoms with Crippen LogP contribution in [0.5, 0.6) is 0 Å². The molecule has 1 heterocycles. The van der Waals surface area contributed by atoms with E-state index in [1.165, 1.54) is 0 Å². The van der Waals surface area contributed by atoms with Gasteiger partial charge in [0.2, 0.25) is 0 Å². The summed E-state index contributed by atoms with van der Waals surface area (Å²) in [6.45, 7) is 2.46. The topological polar surface area (TPSA) is 38.3 Å². The molecule has 86 valence electrons. The van der Waals surface area contributed by atoms with Gasteiger partial charge < -0.3 is 10.1 Å². The quantitative estimate of drug-likeness (QED) is 0.789. The van der Waals surface area contributed by atoms with Crippen LogP contribution in [0, 0.1) is 0 Å². The number of carbonyl (C=O) groups is 1. The zero-order valence-corrected chi connectivity index (χ0v) is 9.48. The van der Waals surface area contributed by atoms with E-state index in [1.807, 2.05) is 30.3 Å². The summed E-state index contributed by atoms with van der Waals surface area (Å²) in [6.07, 6.45) is 1.93. The summed E-state index contributed by atoms with van der Waals surface area (Å²) >= 11 is 0. The van der Waals surface area contributed by atoms with Crippen LogP contribution in [-0.2, 0) is 16.1 Å². The average Bonchev–Trinajstić information content (AvgIpc) is 2.74. The van der Waals surface area contributed by atoms with Gasteiger partial charge in [-0.05, 0) is 25.3 Å². The highest BCUT2D eigenvalue weighted by Crippen LogP contribution is 2.13. The van der Waals surface area contributed by atoms with Crippen LogP contribution in [-0.4, -0.2) is 18.1 Å². The van der Waals surface area contributed by atoms with Gasteiger partial charge in [0.25, 0.3) is 0 Å². The molecule has 0 bridgehead atoms. The molecule has 1 fully saturated rings. The van der Waals surface area contributed by atoms with Crippen LogP contribution >= 0.6 is 0 Å². The van der Waals surface area contributed by atoms with Gasteiger partial charge in [-0.3, -0.25) is 4.79 Å². The maximum Gasteiger partial charge on any atom is 0.323 e. The van der Waals surface area contributed by atoms with E-state index in [2.05, 4.69) is 12.2 Å². The Morgan fingerprint density at radius 2 is 2.12 bits per heavy atom. The SMILES string of the molecule is C[C@@H]1CC[C@H](C(=O)OCc2ccccc2)N1. The number of hydrogen-bond acceptors (Lipinski definition) is 3. The standard InChI is InChI=1S/C13H17NO2/c1-10-7-8-12(14-10)13(15)16-9-11-5-3-2-4-6-11/h2-6,10,12,14H,7-9H2,1H3/t10-,12-/m1/s1. The van der Waals surface area contributed by atoms with Crippen LogP contribution in [0.25, 0.3) is 0 Å². The van der Waals surface area contributed by atoms with Gasteiger partial charge in [0, 0.05) is 6.04 Å². The van der Waals surface area contributed by atoms with Crippen molar-refractivity contribution in [1.29, 1.82) is 0 Å². The Morgan fingerprint density at radius 1 is 1.38 bits per heavy atom. The highest BCUT2D eigenvalue weighted by atomic mass is 16.5. The van der Waals surface area contributed by atoms with Gasteiger partial charge in [-0.15, -0.1) is 0 Å². The molecule has 3 heteroatoms. The summed E-state index contributed by atoms with van der Waals surface area (Å²) in [5.41, 5.74) is 1.03. The molecule has 1 aromatic carbocycles. The van der Waals surface area contributed by atoms with Crippen molar-refractivity contribution in [3.8, 4) is 0 Å². The Bertz CT molecular complexity index is 350. The summed E-state index contributed by atoms with van der Waals surface area (Å²) in [5, 5.41) is 3.22. The highest BCUT2D eigenvalue weighted by Gasteiger charge is 2.27. The van der Waals surface area contributed by atoms with E-state index in [-0.39, 0.29) is 12.0 Å². The molecule has 0 spiro atoms. The molecular weight excluding hydrogens is 202 g/mol. The van der Waals surface area contributed by atoms with Crippen LogP contribution in [0.15, 0.2) is 30.3 Å². The second kappa shape index (κ2) is 5.12. The number of rotatable bonds is 3. The summed E-state index contributed by atoms with van der Waals surface area (Å²) in [5.74, 6) is -0.131. The van der Waals surface area contributed by atoms with Crippen LogP contribution in [0.4, 0.5) is 0 Å². The number of benzene rings is 1. The molecule has 2 atom stereocenters. The first-order valence-electron chi connectivity index (χ1n) is 5.72. The van der Waals surface area contributed by atoms with E-state index >= 15 is 0 Å². The summed E-state index contributed by atoms with van der Waals surface area (Å²) < 4.78 is 5.26. The average molecular weight is 219 g/mol. The van der Waals surface area contributed by atoms with Crippen molar-refractivity contribution in [2.24, 2.45) is 0 Å². The molecule has 1 aromatic rings. The Labute approximate surface area is 95.8 Å². The minimum Gasteiger partial charge on any atom is -0.460 e. The van der Waals surface area contributed by atoms with E-state index in [9.17, 15) is 4.79 Å². The van der Waals surface area contributed by atoms with Gasteiger partial charge in [0.15, 0.2) is 0 Å². The van der Waals surface area contributed by atoms with Crippen molar-refractivity contribution in [3.63, 3.8) is 0 Å². The van der Waals surface area contributed by atoms with Crippen LogP contribution in [0.2, 0.25) is 0 Å². The second-order valence-corrected chi connectivity index (χ2v) is 4.29. The normalized spacial score (nSPS) is 24.3. The number of carbonyl (C=O) groups excluding carboxylic acids is 1. The van der Waals surface area contributed by atoms with E-state index in [0.717, 1.165) is 18.4 Å². The molecule has 2 rings (SSSR count). The molecule has 0 amide bonds. The van der Waals surface area contributed by atoms with E-state index in [1.54, 1.807) is 0 Å². The van der Waals surface area contributed by atoms with Gasteiger partial charge in [0.05, 0.1) is 0 Å². The third kappa shape index (κ3) is 2.83. The number of ether oxygens (including phenoxy) is 1. The molecule has 0 aromatic heterocycles. The van der Waals surface area contributed by atoms with Gasteiger partial charge >= 0.3 is 5.97 Å². The Morgan fingerprint density at radius 3 is 2.75 bits per heavy atom. The monoisotopic (exact) mass is 219 g/mol. The molecular formula is C13H17NO2. The minimum atomic E-state index is -0.131. The lowest BCUT2D eigenvalue weighted by atomic mass is 10.2. The first-order valence-corrected chi connectivity index (χ1v) is 5.72. The number of hydrogen-bond donors (Lipinski definition) is 1. The predicted molar refractivity (Wildman–Crippen MR) is 61.9 cm³/mol. The first kappa shape index (κ1) is 11.1. The molecule has 0 aliphatic carbocycles. The second-order valence-electron chi connectivity index (χ2n) is 4.29. The van der Waals surface area contributed by atoms with Crippen molar-refractivity contribution in [1.82, 2.24) is 5.32 Å². The Hall–Kier alpha value is -1.35. The smallest absolute Gasteiger partial charge is 0.323 e. The van der Waals surface area contributed by atoms with Gasteiger partial charge in [-0.25, -0.2) is 0 Å². The molecule has 1 aliphatic heterocycles. The van der Waals surface area contributed by atoms with Crippen molar-refractivity contribution in [3.05, 3.63) is 35.9 Å². The largest absolute Gasteiger partial charge is 0.460 e. The fraction of sp³-hybridized carbons (Fsp3) is 0.462. The third-order valence-corrected chi connectivity index (χ3v) is 2.88. The lowest BCUT2D eigenvalue weighted by molar-refractivity contribution is -0.147. The van der Waals surface area contributed by atoms with Crippen molar-refractivity contribution in [2.45, 2.75) is 38.5 Å². The maximum atomic E-state index is 11.7. The molecule has 16 heavy (non-hydrogen) atoms. The van der Waals surface area contributed by atoms with Crippen molar-refractivity contribution in [2.75, 3.05) is 0 Å². The molecule has 1 aliphatic rings. The minimum absolute atomic E-state index is 0.112. The lowest BCUT2D eigenvalue weighted by Crippen LogP contribution is -2.35. The highest BCUT2D eigenvalue weighted by molar-refractivity contribution is 5.76. The van der Waals surface area contributed by atoms with Crippen LogP contribution in [0.3, 0.4) is 0 Å². The predicted octanol–water partition coefficient (Wildman–Crippen LogP) is 1.87. The molecule has 3 nitrogen and oxygen atoms in total. The zero-order chi connectivity index (χ0) is 11.4. The Kier molecular flexibility index (Phi) is 3.57. The molecule has 0 unspecified atom stereocenters. The first-order chi connectivity index (χ1) is 7.75. The molecule has 1 N–H and O–H groups in total. The molecule has 0 radical (unpaired) electrons. The summed E-state index contributed by atoms with van der Waals surface area (Å²) in [7, 11) is 0. The van der Waals surface area contributed by atoms with Crippen molar-refractivity contribution >= 4 is 5.97 Å². The van der Waals surface area contributed by atoms with Gasteiger partial charge in [-0.2, -0.15) is 0 Å². The maximum absolute atomic E-state index is 11.7. The zero-order valence-electron chi connectivity index (χ0n) is 9.48. The summed E-state index contributed by atoms with van der Waals surface area (Å²) in [6, 6.07) is 10.1. The van der Waals surface area contributed by atoms with Crippen LogP contribution in [0.1, 0.15) is 25.3 Å². The summed E-state index contributed by atoms with van der Waals surface area (Å²) in [4.78, 5) is 11.7. The third-order valence-electron chi connectivity index (χ3n) is 2.88. The number of esters is 1. The fourth-order valence-corrected chi connectivity index (χ4v) is 1.94. The molecule has 1 saturated heterocycles. The van der Waals surface area contributed by atoms with E-state index in [4.69, 9.17) is 4.74 Å². The van der Waals surface area contributed by atoms with Gasteiger partial charge in [0.1, 0.15) is 12.6 Å². The van der Waals surface area contributed by atoms with Crippen LogP contribution < -0.4 is 5.32 Å². The van der Waals surface area contributed by atoms with E-state index < -0.39 is 0 Å². The Balaban J connectivity index is 1.80. The lowest BCUT2D eigenvalue weighted by Gasteiger charge is -2.11. The molecule has 0 saturated carbocycles. The van der Waals surface area contributed by atoms with Gasteiger partial charge in [-0.1, -0.05) is 30.3 Å². The fourth-order valence-electron chi connectivity index (χ4n) is 1.94. The number of nitrogens with one attached hydrogen (secondary N) is 1.